The molecule has 0 bridgehead atoms. The Morgan fingerprint density at radius 2 is 1.96 bits per heavy atom. The van der Waals surface area contributed by atoms with Crippen molar-refractivity contribution in [3.8, 4) is 23.0 Å². The molecule has 0 aliphatic carbocycles. The Labute approximate surface area is 148 Å². The van der Waals surface area contributed by atoms with Gasteiger partial charge in [-0.2, -0.15) is 0 Å². The molecule has 130 valence electrons. The van der Waals surface area contributed by atoms with Crippen molar-refractivity contribution in [3.63, 3.8) is 0 Å². The number of aromatic nitrogens is 2. The molecule has 0 radical (unpaired) electrons. The minimum atomic E-state index is -0.396. The van der Waals surface area contributed by atoms with Gasteiger partial charge >= 0.3 is 6.01 Å². The van der Waals surface area contributed by atoms with Crippen molar-refractivity contribution in [1.29, 1.82) is 0 Å². The molecule has 0 saturated carbocycles. The molecule has 1 heterocycles. The Morgan fingerprint density at radius 1 is 1.12 bits per heavy atom. The zero-order valence-electron chi connectivity index (χ0n) is 13.3. The van der Waals surface area contributed by atoms with Gasteiger partial charge in [-0.15, -0.1) is 5.10 Å². The summed E-state index contributed by atoms with van der Waals surface area (Å²) >= 11 is 6.01. The van der Waals surface area contributed by atoms with Gasteiger partial charge < -0.3 is 19.6 Å². The summed E-state index contributed by atoms with van der Waals surface area (Å²) in [5.74, 6) is 0.909. The summed E-state index contributed by atoms with van der Waals surface area (Å²) in [5.41, 5.74) is 6.76. The SMILES string of the molecule is CCOc1cc(-c2nnc(N)o2)ccc1OCc1ccc(F)cc1Cl. The average Bonchev–Trinajstić information content (AvgIpc) is 3.02. The van der Waals surface area contributed by atoms with E-state index >= 15 is 0 Å². The molecule has 8 heteroatoms. The highest BCUT2D eigenvalue weighted by Gasteiger charge is 2.13. The Balaban J connectivity index is 1.82. The lowest BCUT2D eigenvalue weighted by atomic mass is 10.2. The van der Waals surface area contributed by atoms with Crippen LogP contribution in [0, 0.1) is 5.82 Å². The van der Waals surface area contributed by atoms with E-state index in [-0.39, 0.29) is 18.5 Å². The first-order chi connectivity index (χ1) is 12.1. The lowest BCUT2D eigenvalue weighted by Gasteiger charge is -2.13. The molecular formula is C17H15ClFN3O3. The van der Waals surface area contributed by atoms with Gasteiger partial charge in [0.2, 0.25) is 5.89 Å². The van der Waals surface area contributed by atoms with E-state index < -0.39 is 5.82 Å². The van der Waals surface area contributed by atoms with Crippen molar-refractivity contribution in [3.05, 3.63) is 52.8 Å². The van der Waals surface area contributed by atoms with E-state index in [1.54, 1.807) is 24.3 Å². The molecule has 2 N–H and O–H groups in total. The van der Waals surface area contributed by atoms with Gasteiger partial charge in [0, 0.05) is 11.1 Å². The van der Waals surface area contributed by atoms with Crippen LogP contribution in [0.1, 0.15) is 12.5 Å². The molecule has 0 aliphatic rings. The van der Waals surface area contributed by atoms with Crippen LogP contribution in [0.5, 0.6) is 11.5 Å². The minimum absolute atomic E-state index is 0.0146. The normalized spacial score (nSPS) is 10.7. The zero-order chi connectivity index (χ0) is 17.8. The number of nitrogens with zero attached hydrogens (tertiary/aromatic N) is 2. The lowest BCUT2D eigenvalue weighted by Crippen LogP contribution is -2.00. The van der Waals surface area contributed by atoms with Gasteiger partial charge in [-0.1, -0.05) is 22.8 Å². The third-order valence-corrected chi connectivity index (χ3v) is 3.68. The summed E-state index contributed by atoms with van der Waals surface area (Å²) < 4.78 is 29.7. The fourth-order valence-electron chi connectivity index (χ4n) is 2.17. The molecule has 3 rings (SSSR count). The number of ether oxygens (including phenoxy) is 2. The summed E-state index contributed by atoms with van der Waals surface area (Å²) in [6, 6.07) is 9.32. The van der Waals surface area contributed by atoms with Crippen LogP contribution in [-0.4, -0.2) is 16.8 Å². The summed E-state index contributed by atoms with van der Waals surface area (Å²) in [7, 11) is 0. The van der Waals surface area contributed by atoms with Gasteiger partial charge in [-0.05, 0) is 37.3 Å². The maximum Gasteiger partial charge on any atom is 0.313 e. The van der Waals surface area contributed by atoms with E-state index in [2.05, 4.69) is 10.2 Å². The van der Waals surface area contributed by atoms with Gasteiger partial charge in [-0.3, -0.25) is 0 Å². The van der Waals surface area contributed by atoms with E-state index in [9.17, 15) is 4.39 Å². The maximum absolute atomic E-state index is 13.1. The number of rotatable bonds is 6. The van der Waals surface area contributed by atoms with Crippen molar-refractivity contribution in [1.82, 2.24) is 10.2 Å². The molecule has 0 unspecified atom stereocenters. The predicted octanol–water partition coefficient (Wildman–Crippen LogP) is 4.09. The summed E-state index contributed by atoms with van der Waals surface area (Å²) in [6.07, 6.45) is 0. The predicted molar refractivity (Wildman–Crippen MR) is 91.1 cm³/mol. The number of nitrogen functional groups attached to an aromatic ring is 1. The molecular weight excluding hydrogens is 349 g/mol. The summed E-state index contributed by atoms with van der Waals surface area (Å²) in [6.45, 7) is 2.48. The molecule has 1 aromatic heterocycles. The molecule has 25 heavy (non-hydrogen) atoms. The fraction of sp³-hybridized carbons (Fsp3) is 0.176. The number of benzene rings is 2. The van der Waals surface area contributed by atoms with Crippen LogP contribution in [0.2, 0.25) is 5.02 Å². The van der Waals surface area contributed by atoms with Crippen LogP contribution < -0.4 is 15.2 Å². The molecule has 6 nitrogen and oxygen atoms in total. The van der Waals surface area contributed by atoms with E-state index in [1.807, 2.05) is 6.92 Å². The van der Waals surface area contributed by atoms with Crippen LogP contribution in [0.15, 0.2) is 40.8 Å². The first-order valence-electron chi connectivity index (χ1n) is 7.49. The topological polar surface area (TPSA) is 83.4 Å². The highest BCUT2D eigenvalue weighted by atomic mass is 35.5. The van der Waals surface area contributed by atoms with E-state index in [0.717, 1.165) is 0 Å². The summed E-state index contributed by atoms with van der Waals surface area (Å²) in [5, 5.41) is 7.77. The van der Waals surface area contributed by atoms with E-state index in [1.165, 1.54) is 12.1 Å². The second-order valence-electron chi connectivity index (χ2n) is 5.06. The van der Waals surface area contributed by atoms with Gasteiger partial charge in [-0.25, -0.2) is 4.39 Å². The zero-order valence-corrected chi connectivity index (χ0v) is 14.1. The Morgan fingerprint density at radius 3 is 2.64 bits per heavy atom. The molecule has 0 atom stereocenters. The van der Waals surface area contributed by atoms with Gasteiger partial charge in [0.1, 0.15) is 12.4 Å². The van der Waals surface area contributed by atoms with Crippen LogP contribution in [-0.2, 0) is 6.61 Å². The third-order valence-electron chi connectivity index (χ3n) is 3.33. The highest BCUT2D eigenvalue weighted by molar-refractivity contribution is 6.31. The van der Waals surface area contributed by atoms with Crippen LogP contribution >= 0.6 is 11.6 Å². The standard InChI is InChI=1S/C17H15ClFN3O3/c1-2-23-15-7-10(16-21-22-17(20)25-16)4-6-14(15)24-9-11-3-5-12(19)8-13(11)18/h3-8H,2,9H2,1H3,(H2,20,22). The van der Waals surface area contributed by atoms with Crippen molar-refractivity contribution in [2.45, 2.75) is 13.5 Å². The number of anilines is 1. The van der Waals surface area contributed by atoms with Crippen LogP contribution in [0.25, 0.3) is 11.5 Å². The lowest BCUT2D eigenvalue weighted by molar-refractivity contribution is 0.269. The first kappa shape index (κ1) is 17.0. The Kier molecular flexibility index (Phi) is 5.04. The van der Waals surface area contributed by atoms with E-state index in [4.69, 9.17) is 31.2 Å². The van der Waals surface area contributed by atoms with E-state index in [0.29, 0.717) is 34.3 Å². The molecule has 0 aliphatic heterocycles. The van der Waals surface area contributed by atoms with Gasteiger partial charge in [0.15, 0.2) is 11.5 Å². The molecule has 0 fully saturated rings. The van der Waals surface area contributed by atoms with Crippen molar-refractivity contribution >= 4 is 17.6 Å². The first-order valence-corrected chi connectivity index (χ1v) is 7.87. The number of nitrogens with two attached hydrogens (primary N) is 1. The Bertz CT molecular complexity index is 885. The third kappa shape index (κ3) is 4.00. The maximum atomic E-state index is 13.1. The Hall–Kier alpha value is -2.80. The second-order valence-corrected chi connectivity index (χ2v) is 5.47. The summed E-state index contributed by atoms with van der Waals surface area (Å²) in [4.78, 5) is 0. The quantitative estimate of drug-likeness (QED) is 0.710. The average molecular weight is 364 g/mol. The molecule has 0 amide bonds. The minimum Gasteiger partial charge on any atom is -0.490 e. The van der Waals surface area contributed by atoms with Crippen molar-refractivity contribution in [2.75, 3.05) is 12.3 Å². The molecule has 0 saturated heterocycles. The van der Waals surface area contributed by atoms with Crippen LogP contribution in [0.4, 0.5) is 10.4 Å². The number of hydrogen-bond acceptors (Lipinski definition) is 6. The second kappa shape index (κ2) is 7.40. The largest absolute Gasteiger partial charge is 0.490 e. The monoisotopic (exact) mass is 363 g/mol. The van der Waals surface area contributed by atoms with Crippen molar-refractivity contribution < 1.29 is 18.3 Å². The molecule has 0 spiro atoms. The van der Waals surface area contributed by atoms with Crippen molar-refractivity contribution in [2.24, 2.45) is 0 Å². The molecule has 2 aromatic carbocycles. The smallest absolute Gasteiger partial charge is 0.313 e. The van der Waals surface area contributed by atoms with Gasteiger partial charge in [0.05, 0.1) is 11.6 Å². The molecule has 3 aromatic rings. The number of hydrogen-bond donors (Lipinski definition) is 1. The highest BCUT2D eigenvalue weighted by Crippen LogP contribution is 2.33. The van der Waals surface area contributed by atoms with Gasteiger partial charge in [0.25, 0.3) is 0 Å². The number of halogens is 2. The fourth-order valence-corrected chi connectivity index (χ4v) is 2.40. The van der Waals surface area contributed by atoms with Crippen LogP contribution in [0.3, 0.4) is 0 Å².